The van der Waals surface area contributed by atoms with E-state index in [1.165, 1.54) is 4.90 Å². The molecular formula is C22H24N2O4. The minimum Gasteiger partial charge on any atom is -0.482 e. The Balaban J connectivity index is 1.96. The third-order valence-corrected chi connectivity index (χ3v) is 4.06. The number of esters is 1. The first-order chi connectivity index (χ1) is 13.4. The van der Waals surface area contributed by atoms with Crippen molar-refractivity contribution < 1.29 is 19.1 Å². The van der Waals surface area contributed by atoms with Gasteiger partial charge in [0.2, 0.25) is 0 Å². The number of benzene rings is 2. The molecule has 0 heterocycles. The summed E-state index contributed by atoms with van der Waals surface area (Å²) >= 11 is 0. The lowest BCUT2D eigenvalue weighted by atomic mass is 10.1. The van der Waals surface area contributed by atoms with Gasteiger partial charge < -0.3 is 14.4 Å². The highest BCUT2D eigenvalue weighted by Crippen LogP contribution is 2.20. The maximum Gasteiger partial charge on any atom is 0.344 e. The van der Waals surface area contributed by atoms with Crippen LogP contribution in [0, 0.1) is 32.1 Å². The van der Waals surface area contributed by atoms with Crippen LogP contribution in [0.15, 0.2) is 42.5 Å². The average Bonchev–Trinajstić information content (AvgIpc) is 2.65. The Morgan fingerprint density at radius 3 is 2.36 bits per heavy atom. The number of rotatable bonds is 8. The monoisotopic (exact) mass is 380 g/mol. The molecular weight excluding hydrogens is 356 g/mol. The first-order valence-corrected chi connectivity index (χ1v) is 9.00. The Morgan fingerprint density at radius 1 is 1.04 bits per heavy atom. The molecule has 0 aliphatic rings. The first-order valence-electron chi connectivity index (χ1n) is 9.00. The molecule has 1 amide bonds. The molecule has 0 aromatic heterocycles. The quantitative estimate of drug-likeness (QED) is 0.655. The van der Waals surface area contributed by atoms with E-state index in [0.29, 0.717) is 11.4 Å². The SMILES string of the molecule is Cc1cc(C)cc(N(CCC#N)C(=O)COC(=O)COc2ccccc2C)c1. The predicted molar refractivity (Wildman–Crippen MR) is 106 cm³/mol. The van der Waals surface area contributed by atoms with Crippen molar-refractivity contribution in [1.29, 1.82) is 5.26 Å². The number of amides is 1. The van der Waals surface area contributed by atoms with Gasteiger partial charge >= 0.3 is 5.97 Å². The molecule has 2 aromatic carbocycles. The van der Waals surface area contributed by atoms with Gasteiger partial charge in [-0.05, 0) is 55.7 Å². The van der Waals surface area contributed by atoms with E-state index >= 15 is 0 Å². The molecule has 28 heavy (non-hydrogen) atoms. The van der Waals surface area contributed by atoms with Crippen molar-refractivity contribution in [3.8, 4) is 11.8 Å². The van der Waals surface area contributed by atoms with Crippen molar-refractivity contribution in [2.24, 2.45) is 0 Å². The Bertz CT molecular complexity index is 866. The number of nitrogens with zero attached hydrogens (tertiary/aromatic N) is 2. The van der Waals surface area contributed by atoms with Crippen LogP contribution in [-0.2, 0) is 14.3 Å². The third-order valence-electron chi connectivity index (χ3n) is 4.06. The highest BCUT2D eigenvalue weighted by atomic mass is 16.6. The topological polar surface area (TPSA) is 79.6 Å². The van der Waals surface area contributed by atoms with Gasteiger partial charge in [0.1, 0.15) is 5.75 Å². The summed E-state index contributed by atoms with van der Waals surface area (Å²) in [5.74, 6) is -0.418. The summed E-state index contributed by atoms with van der Waals surface area (Å²) in [5, 5.41) is 8.88. The maximum absolute atomic E-state index is 12.6. The van der Waals surface area contributed by atoms with Gasteiger partial charge in [-0.15, -0.1) is 0 Å². The number of ether oxygens (including phenoxy) is 2. The van der Waals surface area contributed by atoms with Crippen LogP contribution < -0.4 is 9.64 Å². The smallest absolute Gasteiger partial charge is 0.344 e. The van der Waals surface area contributed by atoms with E-state index in [1.807, 2.05) is 63.2 Å². The summed E-state index contributed by atoms with van der Waals surface area (Å²) in [6.45, 7) is 5.30. The van der Waals surface area contributed by atoms with E-state index in [4.69, 9.17) is 14.7 Å². The molecule has 6 heteroatoms. The number of anilines is 1. The number of para-hydroxylation sites is 1. The summed E-state index contributed by atoms with van der Waals surface area (Å²) in [6, 6.07) is 15.1. The van der Waals surface area contributed by atoms with Gasteiger partial charge in [0.05, 0.1) is 12.5 Å². The maximum atomic E-state index is 12.6. The second-order valence-electron chi connectivity index (χ2n) is 6.51. The van der Waals surface area contributed by atoms with Crippen molar-refractivity contribution in [3.05, 3.63) is 59.2 Å². The number of hydrogen-bond acceptors (Lipinski definition) is 5. The largest absolute Gasteiger partial charge is 0.482 e. The number of carbonyl (C=O) groups is 2. The number of nitriles is 1. The molecule has 0 saturated carbocycles. The van der Waals surface area contributed by atoms with Crippen molar-refractivity contribution in [3.63, 3.8) is 0 Å². The van der Waals surface area contributed by atoms with Crippen molar-refractivity contribution in [2.75, 3.05) is 24.7 Å². The van der Waals surface area contributed by atoms with Crippen LogP contribution in [0.2, 0.25) is 0 Å². The lowest BCUT2D eigenvalue weighted by Gasteiger charge is -2.22. The summed E-state index contributed by atoms with van der Waals surface area (Å²) in [4.78, 5) is 26.0. The fourth-order valence-corrected chi connectivity index (χ4v) is 2.78. The molecule has 6 nitrogen and oxygen atoms in total. The molecule has 0 aliphatic heterocycles. The van der Waals surface area contributed by atoms with Crippen LogP contribution in [0.25, 0.3) is 0 Å². The summed E-state index contributed by atoms with van der Waals surface area (Å²) in [6.07, 6.45) is 0.184. The lowest BCUT2D eigenvalue weighted by molar-refractivity contribution is -0.149. The van der Waals surface area contributed by atoms with Gasteiger partial charge in [0.25, 0.3) is 5.91 Å². The zero-order chi connectivity index (χ0) is 20.5. The Hall–Kier alpha value is -3.33. The average molecular weight is 380 g/mol. The van der Waals surface area contributed by atoms with Crippen LogP contribution in [0.1, 0.15) is 23.1 Å². The molecule has 0 bridgehead atoms. The van der Waals surface area contributed by atoms with Gasteiger partial charge in [-0.3, -0.25) is 4.79 Å². The Kier molecular flexibility index (Phi) is 7.58. The van der Waals surface area contributed by atoms with Gasteiger partial charge in [0, 0.05) is 12.2 Å². The molecule has 0 atom stereocenters. The zero-order valence-corrected chi connectivity index (χ0v) is 16.4. The van der Waals surface area contributed by atoms with Crippen LogP contribution in [-0.4, -0.2) is 31.6 Å². The molecule has 2 aromatic rings. The van der Waals surface area contributed by atoms with Gasteiger partial charge in [0.15, 0.2) is 13.2 Å². The zero-order valence-electron chi connectivity index (χ0n) is 16.4. The second-order valence-corrected chi connectivity index (χ2v) is 6.51. The fourth-order valence-electron chi connectivity index (χ4n) is 2.78. The van der Waals surface area contributed by atoms with Crippen molar-refractivity contribution in [2.45, 2.75) is 27.2 Å². The van der Waals surface area contributed by atoms with E-state index in [1.54, 1.807) is 6.07 Å². The summed E-state index contributed by atoms with van der Waals surface area (Å²) < 4.78 is 10.5. The molecule has 0 fully saturated rings. The molecule has 0 unspecified atom stereocenters. The summed E-state index contributed by atoms with van der Waals surface area (Å²) in [5.41, 5.74) is 3.61. The van der Waals surface area contributed by atoms with Gasteiger partial charge in [-0.1, -0.05) is 24.3 Å². The van der Waals surface area contributed by atoms with E-state index in [2.05, 4.69) is 0 Å². The highest BCUT2D eigenvalue weighted by molar-refractivity contribution is 5.95. The number of aryl methyl sites for hydroxylation is 3. The lowest BCUT2D eigenvalue weighted by Crippen LogP contribution is -2.36. The molecule has 0 N–H and O–H groups in total. The van der Waals surface area contributed by atoms with Crippen molar-refractivity contribution >= 4 is 17.6 Å². The van der Waals surface area contributed by atoms with Crippen molar-refractivity contribution in [1.82, 2.24) is 0 Å². The number of hydrogen-bond donors (Lipinski definition) is 0. The van der Waals surface area contributed by atoms with Crippen LogP contribution in [0.3, 0.4) is 0 Å². The van der Waals surface area contributed by atoms with Crippen LogP contribution in [0.4, 0.5) is 5.69 Å². The molecule has 0 spiro atoms. The normalized spacial score (nSPS) is 10.1. The van der Waals surface area contributed by atoms with E-state index < -0.39 is 12.6 Å². The van der Waals surface area contributed by atoms with E-state index in [-0.39, 0.29) is 25.5 Å². The molecule has 0 saturated heterocycles. The van der Waals surface area contributed by atoms with Gasteiger partial charge in [-0.25, -0.2) is 4.79 Å². The molecule has 2 rings (SSSR count). The Labute approximate surface area is 165 Å². The predicted octanol–water partition coefficient (Wildman–Crippen LogP) is 3.48. The van der Waals surface area contributed by atoms with Crippen LogP contribution >= 0.6 is 0 Å². The van der Waals surface area contributed by atoms with Gasteiger partial charge in [-0.2, -0.15) is 5.26 Å². The first kappa shape index (κ1) is 21.0. The standard InChI is InChI=1S/C22H24N2O4/c1-16-11-17(2)13-19(12-16)24(10-6-9-23)21(25)14-28-22(26)15-27-20-8-5-4-7-18(20)3/h4-5,7-8,11-13H,6,10,14-15H2,1-3H3. The number of carbonyl (C=O) groups excluding carboxylic acids is 2. The molecule has 0 aliphatic carbocycles. The minimum absolute atomic E-state index is 0.184. The Morgan fingerprint density at radius 2 is 1.71 bits per heavy atom. The van der Waals surface area contributed by atoms with Crippen LogP contribution in [0.5, 0.6) is 5.75 Å². The van der Waals surface area contributed by atoms with E-state index in [9.17, 15) is 9.59 Å². The second kappa shape index (κ2) is 10.1. The minimum atomic E-state index is -0.628. The third kappa shape index (κ3) is 6.13. The molecule has 0 radical (unpaired) electrons. The highest BCUT2D eigenvalue weighted by Gasteiger charge is 2.18. The summed E-state index contributed by atoms with van der Waals surface area (Å²) in [7, 11) is 0. The molecule has 146 valence electrons. The fraction of sp³-hybridized carbons (Fsp3) is 0.318. The van der Waals surface area contributed by atoms with E-state index in [0.717, 1.165) is 16.7 Å².